The van der Waals surface area contributed by atoms with Crippen molar-refractivity contribution in [2.24, 2.45) is 5.73 Å². The maximum absolute atomic E-state index is 11.2. The van der Waals surface area contributed by atoms with Gasteiger partial charge < -0.3 is 26.2 Å². The second-order valence-corrected chi connectivity index (χ2v) is 5.05. The van der Waals surface area contributed by atoms with Crippen molar-refractivity contribution in [2.45, 2.75) is 57.4 Å². The lowest BCUT2D eigenvalue weighted by atomic mass is 9.81. The van der Waals surface area contributed by atoms with Gasteiger partial charge in [0.1, 0.15) is 5.54 Å². The van der Waals surface area contributed by atoms with Crippen molar-refractivity contribution in [1.29, 1.82) is 0 Å². The molecule has 0 aliphatic heterocycles. The van der Waals surface area contributed by atoms with E-state index >= 15 is 0 Å². The van der Waals surface area contributed by atoms with Crippen molar-refractivity contribution in [3.05, 3.63) is 0 Å². The largest absolute Gasteiger partial charge is 0.480 e. The van der Waals surface area contributed by atoms with Gasteiger partial charge in [-0.15, -0.1) is 0 Å². The zero-order chi connectivity index (χ0) is 14.2. The molecule has 0 aromatic carbocycles. The molecule has 0 radical (unpaired) electrons. The van der Waals surface area contributed by atoms with E-state index in [4.69, 9.17) is 20.9 Å². The van der Waals surface area contributed by atoms with Crippen LogP contribution in [0.2, 0.25) is 6.32 Å². The van der Waals surface area contributed by atoms with Crippen LogP contribution in [0.3, 0.4) is 0 Å². The highest BCUT2D eigenvalue weighted by Crippen LogP contribution is 2.17. The number of aliphatic carboxylic acids is 1. The Hall–Kier alpha value is -0.625. The smallest absolute Gasteiger partial charge is 0.451 e. The summed E-state index contributed by atoms with van der Waals surface area (Å²) in [5, 5.41) is 29.7. The van der Waals surface area contributed by atoms with E-state index < -0.39 is 18.6 Å². The quantitative estimate of drug-likeness (QED) is 0.274. The Kier molecular flexibility index (Phi) is 8.18. The SMILES string of the molecule is CC(C)NCCC(N)(CCCCB(O)O)C(=O)O. The van der Waals surface area contributed by atoms with Gasteiger partial charge in [-0.2, -0.15) is 0 Å². The normalized spacial score (nSPS) is 14.6. The van der Waals surface area contributed by atoms with Crippen LogP contribution in [0.25, 0.3) is 0 Å². The van der Waals surface area contributed by atoms with E-state index in [0.717, 1.165) is 0 Å². The lowest BCUT2D eigenvalue weighted by Gasteiger charge is -2.25. The molecule has 0 heterocycles. The average molecular weight is 260 g/mol. The Morgan fingerprint density at radius 3 is 2.39 bits per heavy atom. The lowest BCUT2D eigenvalue weighted by molar-refractivity contribution is -0.144. The number of rotatable bonds is 10. The van der Waals surface area contributed by atoms with Crippen LogP contribution in [0, 0.1) is 0 Å². The molecule has 0 spiro atoms. The molecule has 18 heavy (non-hydrogen) atoms. The summed E-state index contributed by atoms with van der Waals surface area (Å²) in [5.41, 5.74) is 4.65. The molecular weight excluding hydrogens is 235 g/mol. The van der Waals surface area contributed by atoms with Crippen molar-refractivity contribution in [3.8, 4) is 0 Å². The predicted molar refractivity (Wildman–Crippen MR) is 71.2 cm³/mol. The van der Waals surface area contributed by atoms with Crippen molar-refractivity contribution < 1.29 is 19.9 Å². The molecule has 0 aromatic heterocycles. The van der Waals surface area contributed by atoms with Gasteiger partial charge in [0.05, 0.1) is 0 Å². The van der Waals surface area contributed by atoms with Crippen LogP contribution < -0.4 is 11.1 Å². The van der Waals surface area contributed by atoms with Gasteiger partial charge in [0.2, 0.25) is 0 Å². The van der Waals surface area contributed by atoms with E-state index in [2.05, 4.69) is 5.32 Å². The number of carbonyl (C=O) groups is 1. The fourth-order valence-corrected chi connectivity index (χ4v) is 1.69. The van der Waals surface area contributed by atoms with Crippen LogP contribution in [0.5, 0.6) is 0 Å². The molecule has 0 rings (SSSR count). The number of nitrogens with two attached hydrogens (primary N) is 1. The van der Waals surface area contributed by atoms with E-state index in [1.54, 1.807) is 0 Å². The highest BCUT2D eigenvalue weighted by Gasteiger charge is 2.32. The van der Waals surface area contributed by atoms with Crippen LogP contribution in [0.4, 0.5) is 0 Å². The van der Waals surface area contributed by atoms with E-state index in [1.165, 1.54) is 0 Å². The summed E-state index contributed by atoms with van der Waals surface area (Å²) in [7, 11) is -1.33. The van der Waals surface area contributed by atoms with Crippen LogP contribution in [0.15, 0.2) is 0 Å². The van der Waals surface area contributed by atoms with E-state index in [-0.39, 0.29) is 6.32 Å². The van der Waals surface area contributed by atoms with Crippen LogP contribution >= 0.6 is 0 Å². The molecule has 1 atom stereocenters. The van der Waals surface area contributed by atoms with Gasteiger partial charge in [0, 0.05) is 6.04 Å². The molecule has 1 unspecified atom stereocenters. The maximum Gasteiger partial charge on any atom is 0.451 e. The third kappa shape index (κ3) is 7.65. The number of carboxylic acids is 1. The molecule has 0 bridgehead atoms. The second kappa shape index (κ2) is 8.47. The Labute approximate surface area is 109 Å². The number of carboxylic acid groups (broad SMARTS) is 1. The standard InChI is InChI=1S/C11H25BN2O4/c1-9(2)14-8-6-11(13,10(15)16)5-3-4-7-12(17)18/h9,14,17-18H,3-8,13H2,1-2H3,(H,15,16). The minimum Gasteiger partial charge on any atom is -0.480 e. The number of nitrogens with one attached hydrogen (secondary N) is 1. The minimum atomic E-state index is -1.33. The fourth-order valence-electron chi connectivity index (χ4n) is 1.69. The highest BCUT2D eigenvalue weighted by atomic mass is 16.4. The number of hydrogen-bond acceptors (Lipinski definition) is 5. The zero-order valence-corrected chi connectivity index (χ0v) is 11.2. The molecule has 0 saturated heterocycles. The molecule has 0 aliphatic carbocycles. The van der Waals surface area contributed by atoms with Crippen LogP contribution in [-0.2, 0) is 4.79 Å². The fraction of sp³-hybridized carbons (Fsp3) is 0.909. The van der Waals surface area contributed by atoms with Crippen LogP contribution in [0.1, 0.15) is 39.5 Å². The zero-order valence-electron chi connectivity index (χ0n) is 11.2. The molecule has 7 heteroatoms. The number of hydrogen-bond donors (Lipinski definition) is 5. The summed E-state index contributed by atoms with van der Waals surface area (Å²) in [6.45, 7) is 4.53. The lowest BCUT2D eigenvalue weighted by Crippen LogP contribution is -2.50. The van der Waals surface area contributed by atoms with Gasteiger partial charge >= 0.3 is 13.1 Å². The molecule has 0 amide bonds. The molecule has 6 nitrogen and oxygen atoms in total. The van der Waals surface area contributed by atoms with Gasteiger partial charge in [-0.25, -0.2) is 0 Å². The van der Waals surface area contributed by atoms with Crippen molar-refractivity contribution in [1.82, 2.24) is 5.32 Å². The molecule has 0 aromatic rings. The minimum absolute atomic E-state index is 0.250. The highest BCUT2D eigenvalue weighted by molar-refractivity contribution is 6.40. The topological polar surface area (TPSA) is 116 Å². The van der Waals surface area contributed by atoms with E-state index in [1.807, 2.05) is 13.8 Å². The Morgan fingerprint density at radius 2 is 1.94 bits per heavy atom. The molecule has 0 aliphatic rings. The van der Waals surface area contributed by atoms with Gasteiger partial charge in [0.25, 0.3) is 0 Å². The first-order valence-corrected chi connectivity index (χ1v) is 6.40. The van der Waals surface area contributed by atoms with Crippen molar-refractivity contribution >= 4 is 13.1 Å². The number of unbranched alkanes of at least 4 members (excludes halogenated alkanes) is 1. The van der Waals surface area contributed by atoms with Gasteiger partial charge in [-0.3, -0.25) is 4.79 Å². The first-order chi connectivity index (χ1) is 8.28. The van der Waals surface area contributed by atoms with Gasteiger partial charge in [0.15, 0.2) is 0 Å². The van der Waals surface area contributed by atoms with Crippen molar-refractivity contribution in [2.75, 3.05) is 6.54 Å². The molecule has 106 valence electrons. The summed E-state index contributed by atoms with van der Waals surface area (Å²) in [6, 6.07) is 0.299. The summed E-state index contributed by atoms with van der Waals surface area (Å²) >= 11 is 0. The van der Waals surface area contributed by atoms with Crippen molar-refractivity contribution in [3.63, 3.8) is 0 Å². The van der Waals surface area contributed by atoms with E-state index in [0.29, 0.717) is 38.3 Å². The second-order valence-electron chi connectivity index (χ2n) is 5.05. The first kappa shape index (κ1) is 17.4. The predicted octanol–water partition coefficient (Wildman–Crippen LogP) is -0.200. The van der Waals surface area contributed by atoms with Crippen LogP contribution in [-0.4, -0.2) is 46.4 Å². The summed E-state index contributed by atoms with van der Waals surface area (Å²) in [6.07, 6.45) is 2.08. The Bertz CT molecular complexity index is 251. The first-order valence-electron chi connectivity index (χ1n) is 6.40. The average Bonchev–Trinajstić information content (AvgIpc) is 2.23. The molecular formula is C11H25BN2O4. The molecule has 0 saturated carbocycles. The Balaban J connectivity index is 4.05. The molecule has 6 N–H and O–H groups in total. The Morgan fingerprint density at radius 1 is 1.33 bits per heavy atom. The monoisotopic (exact) mass is 260 g/mol. The molecule has 0 fully saturated rings. The summed E-state index contributed by atoms with van der Waals surface area (Å²) in [5.74, 6) is -1.00. The third-order valence-corrected chi connectivity index (χ3v) is 2.88. The third-order valence-electron chi connectivity index (χ3n) is 2.88. The van der Waals surface area contributed by atoms with Gasteiger partial charge in [-0.05, 0) is 25.7 Å². The summed E-state index contributed by atoms with van der Waals surface area (Å²) in [4.78, 5) is 11.2. The van der Waals surface area contributed by atoms with E-state index in [9.17, 15) is 4.79 Å². The summed E-state index contributed by atoms with van der Waals surface area (Å²) < 4.78 is 0. The van der Waals surface area contributed by atoms with Gasteiger partial charge in [-0.1, -0.05) is 26.7 Å². The maximum atomic E-state index is 11.2.